The maximum Gasteiger partial charge on any atom is 0.137 e. The summed E-state index contributed by atoms with van der Waals surface area (Å²) in [6.45, 7) is 2.75. The van der Waals surface area contributed by atoms with Crippen LogP contribution < -0.4 is 0 Å². The molecule has 0 amide bonds. The van der Waals surface area contributed by atoms with Gasteiger partial charge in [0.1, 0.15) is 6.23 Å². The van der Waals surface area contributed by atoms with Gasteiger partial charge in [-0.05, 0) is 11.1 Å². The topological polar surface area (TPSA) is 12.5 Å². The van der Waals surface area contributed by atoms with Gasteiger partial charge in [0.2, 0.25) is 0 Å². The van der Waals surface area contributed by atoms with E-state index in [0.29, 0.717) is 0 Å². The minimum absolute atomic E-state index is 0.103. The number of ether oxygens (including phenoxy) is 1. The molecule has 0 aliphatic carbocycles. The van der Waals surface area contributed by atoms with Crippen molar-refractivity contribution in [2.75, 3.05) is 13.2 Å². The molecule has 0 N–H and O–H groups in total. The third kappa shape index (κ3) is 2.45. The van der Waals surface area contributed by atoms with Crippen molar-refractivity contribution in [3.8, 4) is 0 Å². The van der Waals surface area contributed by atoms with Gasteiger partial charge in [0.05, 0.1) is 6.61 Å². The Kier molecular flexibility index (Phi) is 3.40. The number of benzene rings is 2. The van der Waals surface area contributed by atoms with Gasteiger partial charge in [-0.1, -0.05) is 60.7 Å². The highest BCUT2D eigenvalue weighted by molar-refractivity contribution is 5.19. The van der Waals surface area contributed by atoms with Gasteiger partial charge in [0.25, 0.3) is 0 Å². The fourth-order valence-electron chi connectivity index (χ4n) is 2.41. The van der Waals surface area contributed by atoms with E-state index in [2.05, 4.69) is 59.5 Å². The van der Waals surface area contributed by atoms with Gasteiger partial charge < -0.3 is 4.74 Å². The van der Waals surface area contributed by atoms with E-state index in [1.807, 2.05) is 6.07 Å². The second kappa shape index (κ2) is 5.34. The van der Waals surface area contributed by atoms with E-state index in [1.54, 1.807) is 0 Å². The Bertz CT molecular complexity index is 483. The lowest BCUT2D eigenvalue weighted by Crippen LogP contribution is -2.23. The van der Waals surface area contributed by atoms with Crippen LogP contribution in [-0.2, 0) is 11.3 Å². The molecule has 0 bridgehead atoms. The summed E-state index contributed by atoms with van der Waals surface area (Å²) in [6.07, 6.45) is 0.103. The second-order valence-corrected chi connectivity index (χ2v) is 4.59. The van der Waals surface area contributed by atoms with E-state index < -0.39 is 0 Å². The predicted octanol–water partition coefficient (Wildman–Crippen LogP) is 3.22. The highest BCUT2D eigenvalue weighted by atomic mass is 16.5. The molecule has 1 unspecified atom stereocenters. The SMILES string of the molecule is c1ccc(CN2CCOC2c2ccccc2)cc1. The van der Waals surface area contributed by atoms with Crippen molar-refractivity contribution in [1.82, 2.24) is 4.90 Å². The largest absolute Gasteiger partial charge is 0.357 e. The molecule has 3 rings (SSSR count). The average molecular weight is 239 g/mol. The Hall–Kier alpha value is -1.64. The van der Waals surface area contributed by atoms with Gasteiger partial charge in [-0.3, -0.25) is 4.90 Å². The maximum absolute atomic E-state index is 5.85. The van der Waals surface area contributed by atoms with Crippen LogP contribution >= 0.6 is 0 Å². The van der Waals surface area contributed by atoms with Gasteiger partial charge in [-0.15, -0.1) is 0 Å². The summed E-state index contributed by atoms with van der Waals surface area (Å²) in [4.78, 5) is 2.38. The lowest BCUT2D eigenvalue weighted by Gasteiger charge is -2.23. The molecule has 2 nitrogen and oxygen atoms in total. The molecule has 92 valence electrons. The predicted molar refractivity (Wildman–Crippen MR) is 72.0 cm³/mol. The van der Waals surface area contributed by atoms with E-state index in [1.165, 1.54) is 11.1 Å². The molecule has 1 atom stereocenters. The summed E-state index contributed by atoms with van der Waals surface area (Å²) in [7, 11) is 0. The molecule has 2 aromatic carbocycles. The third-order valence-corrected chi connectivity index (χ3v) is 3.30. The molecule has 1 saturated heterocycles. The fraction of sp³-hybridized carbons (Fsp3) is 0.250. The van der Waals surface area contributed by atoms with Crippen molar-refractivity contribution in [2.24, 2.45) is 0 Å². The van der Waals surface area contributed by atoms with Crippen molar-refractivity contribution >= 4 is 0 Å². The van der Waals surface area contributed by atoms with Gasteiger partial charge >= 0.3 is 0 Å². The molecule has 2 heteroatoms. The van der Waals surface area contributed by atoms with E-state index in [0.717, 1.165) is 19.7 Å². The molecule has 18 heavy (non-hydrogen) atoms. The van der Waals surface area contributed by atoms with Crippen LogP contribution in [-0.4, -0.2) is 18.1 Å². The molecule has 1 heterocycles. The van der Waals surface area contributed by atoms with E-state index in [4.69, 9.17) is 4.74 Å². The monoisotopic (exact) mass is 239 g/mol. The second-order valence-electron chi connectivity index (χ2n) is 4.59. The smallest absolute Gasteiger partial charge is 0.137 e. The molecule has 1 aliphatic heterocycles. The Labute approximate surface area is 108 Å². The molecule has 1 fully saturated rings. The molecule has 1 aliphatic rings. The summed E-state index contributed by atoms with van der Waals surface area (Å²) < 4.78 is 5.85. The normalized spacial score (nSPS) is 20.1. The van der Waals surface area contributed by atoms with Crippen LogP contribution in [0.1, 0.15) is 17.4 Å². The lowest BCUT2D eigenvalue weighted by molar-refractivity contribution is 0.0288. The quantitative estimate of drug-likeness (QED) is 0.815. The maximum atomic E-state index is 5.85. The lowest BCUT2D eigenvalue weighted by atomic mass is 10.1. The van der Waals surface area contributed by atoms with Crippen LogP contribution in [0.25, 0.3) is 0 Å². The van der Waals surface area contributed by atoms with Crippen molar-refractivity contribution < 1.29 is 4.74 Å². The summed E-state index contributed by atoms with van der Waals surface area (Å²) in [5.41, 5.74) is 2.58. The first-order chi connectivity index (χ1) is 8.93. The Morgan fingerprint density at radius 2 is 1.61 bits per heavy atom. The zero-order valence-corrected chi connectivity index (χ0v) is 10.3. The zero-order valence-electron chi connectivity index (χ0n) is 10.3. The highest BCUT2D eigenvalue weighted by Gasteiger charge is 2.26. The van der Waals surface area contributed by atoms with Crippen molar-refractivity contribution in [3.05, 3.63) is 71.8 Å². The fourth-order valence-corrected chi connectivity index (χ4v) is 2.41. The molecule has 0 aromatic heterocycles. The highest BCUT2D eigenvalue weighted by Crippen LogP contribution is 2.27. The van der Waals surface area contributed by atoms with Crippen molar-refractivity contribution in [2.45, 2.75) is 12.8 Å². The number of hydrogen-bond donors (Lipinski definition) is 0. The van der Waals surface area contributed by atoms with E-state index in [9.17, 15) is 0 Å². The Morgan fingerprint density at radius 3 is 2.33 bits per heavy atom. The average Bonchev–Trinajstić information content (AvgIpc) is 2.89. The minimum Gasteiger partial charge on any atom is -0.357 e. The van der Waals surface area contributed by atoms with E-state index >= 15 is 0 Å². The third-order valence-electron chi connectivity index (χ3n) is 3.30. The van der Waals surface area contributed by atoms with Crippen LogP contribution in [0.4, 0.5) is 0 Å². The Morgan fingerprint density at radius 1 is 0.944 bits per heavy atom. The molecular formula is C16H17NO. The summed E-state index contributed by atoms with van der Waals surface area (Å²) >= 11 is 0. The van der Waals surface area contributed by atoms with Crippen LogP contribution in [0.5, 0.6) is 0 Å². The number of nitrogens with zero attached hydrogens (tertiary/aromatic N) is 1. The van der Waals surface area contributed by atoms with Crippen LogP contribution in [0, 0.1) is 0 Å². The number of rotatable bonds is 3. The Balaban J connectivity index is 1.76. The van der Waals surface area contributed by atoms with Gasteiger partial charge in [0.15, 0.2) is 0 Å². The zero-order chi connectivity index (χ0) is 12.2. The molecule has 0 radical (unpaired) electrons. The van der Waals surface area contributed by atoms with Gasteiger partial charge in [-0.25, -0.2) is 0 Å². The summed E-state index contributed by atoms with van der Waals surface area (Å²) in [6, 6.07) is 21.0. The van der Waals surface area contributed by atoms with Crippen LogP contribution in [0.2, 0.25) is 0 Å². The summed E-state index contributed by atoms with van der Waals surface area (Å²) in [5.74, 6) is 0. The van der Waals surface area contributed by atoms with Crippen molar-refractivity contribution in [1.29, 1.82) is 0 Å². The van der Waals surface area contributed by atoms with Crippen molar-refractivity contribution in [3.63, 3.8) is 0 Å². The molecule has 0 saturated carbocycles. The summed E-state index contributed by atoms with van der Waals surface area (Å²) in [5, 5.41) is 0. The first-order valence-electron chi connectivity index (χ1n) is 6.38. The molecule has 2 aromatic rings. The standard InChI is InChI=1S/C16H17NO/c1-3-7-14(8-4-1)13-17-11-12-18-16(17)15-9-5-2-6-10-15/h1-10,16H,11-13H2. The van der Waals surface area contributed by atoms with Crippen LogP contribution in [0.3, 0.4) is 0 Å². The van der Waals surface area contributed by atoms with Crippen LogP contribution in [0.15, 0.2) is 60.7 Å². The van der Waals surface area contributed by atoms with E-state index in [-0.39, 0.29) is 6.23 Å². The first kappa shape index (κ1) is 11.5. The van der Waals surface area contributed by atoms with Gasteiger partial charge in [-0.2, -0.15) is 0 Å². The molecule has 0 spiro atoms. The minimum atomic E-state index is 0.103. The van der Waals surface area contributed by atoms with Gasteiger partial charge in [0, 0.05) is 13.1 Å². The molecular weight excluding hydrogens is 222 g/mol. The first-order valence-corrected chi connectivity index (χ1v) is 6.38. The number of hydrogen-bond acceptors (Lipinski definition) is 2.